The van der Waals surface area contributed by atoms with Crippen molar-refractivity contribution in [3.05, 3.63) is 0 Å². The lowest BCUT2D eigenvalue weighted by molar-refractivity contribution is -0.239. The van der Waals surface area contributed by atoms with Gasteiger partial charge in [0, 0.05) is 5.41 Å². The molecule has 1 N–H and O–H groups in total. The van der Waals surface area contributed by atoms with Crippen LogP contribution in [0.25, 0.3) is 0 Å². The van der Waals surface area contributed by atoms with E-state index in [4.69, 9.17) is 4.55 Å². The lowest BCUT2D eigenvalue weighted by Crippen LogP contribution is -2.57. The fourth-order valence-corrected chi connectivity index (χ4v) is 3.40. The minimum Gasteiger partial charge on any atom is -0.281 e. The Labute approximate surface area is 136 Å². The molecular weight excluding hydrogens is 336 g/mol. The van der Waals surface area contributed by atoms with Crippen LogP contribution in [0.1, 0.15) is 78.6 Å². The van der Waals surface area contributed by atoms with E-state index in [1.54, 1.807) is 20.8 Å². The largest absolute Gasteiger partial charge is 0.432 e. The summed E-state index contributed by atoms with van der Waals surface area (Å²) in [5, 5.41) is -5.49. The Bertz CT molecular complexity index is 428. The molecule has 23 heavy (non-hydrogen) atoms. The van der Waals surface area contributed by atoms with Crippen LogP contribution in [0.2, 0.25) is 0 Å². The topological polar surface area (TPSA) is 54.4 Å². The molecule has 0 aliphatic carbocycles. The second kappa shape index (κ2) is 8.65. The Kier molecular flexibility index (Phi) is 8.51. The molecular formula is C15H28F4O3S. The molecule has 0 radical (unpaired) electrons. The Hall–Kier alpha value is -0.370. The van der Waals surface area contributed by atoms with Crippen molar-refractivity contribution in [2.75, 3.05) is 0 Å². The summed E-state index contributed by atoms with van der Waals surface area (Å²) in [6.45, 7) is 5.26. The highest BCUT2D eigenvalue weighted by molar-refractivity contribution is 7.87. The van der Waals surface area contributed by atoms with Gasteiger partial charge in [-0.15, -0.1) is 0 Å². The second-order valence-corrected chi connectivity index (χ2v) is 7.62. The molecule has 0 saturated heterocycles. The van der Waals surface area contributed by atoms with Crippen LogP contribution in [0.4, 0.5) is 17.6 Å². The standard InChI is InChI=1S/C15H28F4O3S/c1-4-7-10-13(11-8-5-2,12-9-6-3)14(16,17)15(18,19)23(20,21)22/h4-12H2,1-3H3,(H,20,21,22). The van der Waals surface area contributed by atoms with Gasteiger partial charge in [0.05, 0.1) is 0 Å². The van der Waals surface area contributed by atoms with E-state index in [0.29, 0.717) is 38.5 Å². The highest BCUT2D eigenvalue weighted by Gasteiger charge is 2.73. The molecule has 0 unspecified atom stereocenters. The molecule has 0 aromatic carbocycles. The molecule has 0 bridgehead atoms. The van der Waals surface area contributed by atoms with Crippen molar-refractivity contribution in [1.82, 2.24) is 0 Å². The maximum Gasteiger partial charge on any atom is 0.432 e. The zero-order chi connectivity index (χ0) is 18.4. The van der Waals surface area contributed by atoms with Crippen molar-refractivity contribution in [2.24, 2.45) is 5.41 Å². The molecule has 0 rings (SSSR count). The molecule has 0 aromatic heterocycles. The molecule has 0 aromatic rings. The smallest absolute Gasteiger partial charge is 0.281 e. The molecule has 140 valence electrons. The number of unbranched alkanes of at least 4 members (excludes halogenated alkanes) is 3. The van der Waals surface area contributed by atoms with Gasteiger partial charge in [0.15, 0.2) is 0 Å². The average molecular weight is 364 g/mol. The molecule has 0 aliphatic heterocycles. The maximum atomic E-state index is 14.7. The third-order valence-electron chi connectivity index (χ3n) is 4.38. The molecule has 0 spiro atoms. The van der Waals surface area contributed by atoms with Gasteiger partial charge in [-0.05, 0) is 19.3 Å². The number of rotatable bonds is 12. The van der Waals surface area contributed by atoms with Crippen LogP contribution in [0, 0.1) is 5.41 Å². The monoisotopic (exact) mass is 364 g/mol. The summed E-state index contributed by atoms with van der Waals surface area (Å²) in [6.07, 6.45) is 1.92. The normalized spacial score (nSPS) is 14.3. The van der Waals surface area contributed by atoms with Crippen LogP contribution in [0.15, 0.2) is 0 Å². The molecule has 0 amide bonds. The summed E-state index contributed by atoms with van der Waals surface area (Å²) < 4.78 is 87.6. The molecule has 0 saturated carbocycles. The quantitative estimate of drug-likeness (QED) is 0.359. The summed E-state index contributed by atoms with van der Waals surface area (Å²) in [7, 11) is -6.20. The maximum absolute atomic E-state index is 14.7. The third kappa shape index (κ3) is 4.81. The van der Waals surface area contributed by atoms with Gasteiger partial charge in [-0.3, -0.25) is 4.55 Å². The SMILES string of the molecule is CCCCC(CCCC)(CCCC)C(F)(F)C(F)(F)S(=O)(=O)O. The van der Waals surface area contributed by atoms with Crippen LogP contribution in [0.3, 0.4) is 0 Å². The van der Waals surface area contributed by atoms with Gasteiger partial charge in [0.25, 0.3) is 0 Å². The van der Waals surface area contributed by atoms with Gasteiger partial charge in [-0.1, -0.05) is 59.3 Å². The molecule has 0 atom stereocenters. The predicted octanol–water partition coefficient (Wildman–Crippen LogP) is 5.66. The predicted molar refractivity (Wildman–Crippen MR) is 82.5 cm³/mol. The fourth-order valence-electron chi connectivity index (χ4n) is 2.86. The van der Waals surface area contributed by atoms with E-state index in [-0.39, 0.29) is 19.3 Å². The number of alkyl halides is 4. The number of hydrogen-bond acceptors (Lipinski definition) is 2. The zero-order valence-corrected chi connectivity index (χ0v) is 14.9. The van der Waals surface area contributed by atoms with Gasteiger partial charge in [0.2, 0.25) is 0 Å². The lowest BCUT2D eigenvalue weighted by atomic mass is 9.69. The highest BCUT2D eigenvalue weighted by atomic mass is 32.2. The number of halogens is 4. The Morgan fingerprint density at radius 2 is 1.09 bits per heavy atom. The van der Waals surface area contributed by atoms with E-state index in [9.17, 15) is 26.0 Å². The van der Waals surface area contributed by atoms with E-state index < -0.39 is 26.7 Å². The minimum absolute atomic E-state index is 0.193. The summed E-state index contributed by atoms with van der Waals surface area (Å²) >= 11 is 0. The summed E-state index contributed by atoms with van der Waals surface area (Å²) in [5.41, 5.74) is -2.13. The van der Waals surface area contributed by atoms with Crippen LogP contribution < -0.4 is 0 Å². The van der Waals surface area contributed by atoms with Gasteiger partial charge >= 0.3 is 21.3 Å². The minimum atomic E-state index is -6.20. The Morgan fingerprint density at radius 3 is 1.30 bits per heavy atom. The Balaban J connectivity index is 6.01. The van der Waals surface area contributed by atoms with Crippen molar-refractivity contribution < 1.29 is 30.5 Å². The van der Waals surface area contributed by atoms with Gasteiger partial charge in [0.1, 0.15) is 0 Å². The van der Waals surface area contributed by atoms with Crippen LogP contribution >= 0.6 is 0 Å². The van der Waals surface area contributed by atoms with Crippen molar-refractivity contribution in [2.45, 2.75) is 89.7 Å². The van der Waals surface area contributed by atoms with E-state index in [1.165, 1.54) is 0 Å². The Morgan fingerprint density at radius 1 is 0.783 bits per heavy atom. The second-order valence-electron chi connectivity index (χ2n) is 6.16. The van der Waals surface area contributed by atoms with Crippen LogP contribution in [-0.4, -0.2) is 24.1 Å². The summed E-state index contributed by atoms with van der Waals surface area (Å²) in [4.78, 5) is 0. The van der Waals surface area contributed by atoms with E-state index in [2.05, 4.69) is 0 Å². The molecule has 0 fully saturated rings. The first-order valence-electron chi connectivity index (χ1n) is 8.16. The lowest BCUT2D eigenvalue weighted by Gasteiger charge is -2.43. The van der Waals surface area contributed by atoms with Crippen LogP contribution in [-0.2, 0) is 10.1 Å². The first-order chi connectivity index (χ1) is 10.4. The molecule has 8 heteroatoms. The molecule has 3 nitrogen and oxygen atoms in total. The van der Waals surface area contributed by atoms with Gasteiger partial charge in [-0.2, -0.15) is 26.0 Å². The first kappa shape index (κ1) is 22.6. The van der Waals surface area contributed by atoms with E-state index in [0.717, 1.165) is 0 Å². The van der Waals surface area contributed by atoms with Crippen LogP contribution in [0.5, 0.6) is 0 Å². The van der Waals surface area contributed by atoms with Crippen molar-refractivity contribution in [3.63, 3.8) is 0 Å². The van der Waals surface area contributed by atoms with Crippen molar-refractivity contribution in [3.8, 4) is 0 Å². The number of hydrogen-bond donors (Lipinski definition) is 1. The van der Waals surface area contributed by atoms with E-state index >= 15 is 0 Å². The summed E-state index contributed by atoms with van der Waals surface area (Å²) in [5.74, 6) is -4.83. The highest BCUT2D eigenvalue weighted by Crippen LogP contribution is 2.56. The third-order valence-corrected chi connectivity index (χ3v) is 5.29. The van der Waals surface area contributed by atoms with Gasteiger partial charge in [-0.25, -0.2) is 0 Å². The van der Waals surface area contributed by atoms with E-state index in [1.807, 2.05) is 0 Å². The molecule has 0 aliphatic rings. The first-order valence-corrected chi connectivity index (χ1v) is 9.60. The molecule has 0 heterocycles. The average Bonchev–Trinajstić information content (AvgIpc) is 2.45. The fraction of sp³-hybridized carbons (Fsp3) is 1.00. The van der Waals surface area contributed by atoms with Crippen molar-refractivity contribution in [1.29, 1.82) is 0 Å². The zero-order valence-electron chi connectivity index (χ0n) is 14.0. The van der Waals surface area contributed by atoms with Crippen molar-refractivity contribution >= 4 is 10.1 Å². The summed E-state index contributed by atoms with van der Waals surface area (Å²) in [6, 6.07) is 0. The van der Waals surface area contributed by atoms with Gasteiger partial charge < -0.3 is 0 Å².